The molecule has 0 saturated carbocycles. The molecule has 5 rings (SSSR count). The Morgan fingerprint density at radius 3 is 2.00 bits per heavy atom. The van der Waals surface area contributed by atoms with Gasteiger partial charge in [0, 0.05) is 16.3 Å². The van der Waals surface area contributed by atoms with Crippen molar-refractivity contribution in [3.63, 3.8) is 0 Å². The summed E-state index contributed by atoms with van der Waals surface area (Å²) in [5, 5.41) is 4.25. The van der Waals surface area contributed by atoms with E-state index < -0.39 is 0 Å². The average Bonchev–Trinajstić information content (AvgIpc) is 2.77. The Kier molecular flexibility index (Phi) is 4.41. The number of hydrogen-bond donors (Lipinski definition) is 0. The minimum atomic E-state index is -0.230. The Morgan fingerprint density at radius 2 is 1.28 bits per heavy atom. The molecule has 0 N–H and O–H groups in total. The summed E-state index contributed by atoms with van der Waals surface area (Å²) in [6, 6.07) is 30.1. The van der Waals surface area contributed by atoms with Crippen molar-refractivity contribution >= 4 is 38.5 Å². The van der Waals surface area contributed by atoms with Crippen molar-refractivity contribution in [2.75, 3.05) is 0 Å². The van der Waals surface area contributed by atoms with Gasteiger partial charge in [-0.05, 0) is 28.5 Å². The number of esters is 1. The minimum Gasteiger partial charge on any atom is -0.461 e. The van der Waals surface area contributed by atoms with Gasteiger partial charge in [-0.15, -0.1) is 0 Å². The standard InChI is InChI=1S/C26H19NO2/c28-26(16-19-10-7-9-18-8-1-2-11-20(18)19)29-17-23-21-12-3-5-14-24(21)27-25-15-6-4-13-22(23)25/h1-15H,16-17H2. The quantitative estimate of drug-likeness (QED) is 0.292. The molecular formula is C26H19NO2. The molecule has 140 valence electrons. The van der Waals surface area contributed by atoms with Gasteiger partial charge in [0.1, 0.15) is 6.61 Å². The van der Waals surface area contributed by atoms with Gasteiger partial charge >= 0.3 is 5.97 Å². The Bertz CT molecular complexity index is 1300. The molecule has 1 heterocycles. The summed E-state index contributed by atoms with van der Waals surface area (Å²) in [7, 11) is 0. The molecule has 4 aromatic carbocycles. The van der Waals surface area contributed by atoms with Crippen LogP contribution in [0.15, 0.2) is 91.0 Å². The van der Waals surface area contributed by atoms with E-state index in [4.69, 9.17) is 9.72 Å². The van der Waals surface area contributed by atoms with Gasteiger partial charge in [0.2, 0.25) is 0 Å². The third-order valence-corrected chi connectivity index (χ3v) is 5.29. The van der Waals surface area contributed by atoms with E-state index in [1.165, 1.54) is 0 Å². The Morgan fingerprint density at radius 1 is 0.690 bits per heavy atom. The van der Waals surface area contributed by atoms with Gasteiger partial charge in [0.05, 0.1) is 17.5 Å². The number of hydrogen-bond acceptors (Lipinski definition) is 3. The van der Waals surface area contributed by atoms with Crippen LogP contribution < -0.4 is 0 Å². The molecule has 0 atom stereocenters. The maximum absolute atomic E-state index is 12.7. The molecule has 1 aromatic heterocycles. The monoisotopic (exact) mass is 377 g/mol. The summed E-state index contributed by atoms with van der Waals surface area (Å²) in [4.78, 5) is 17.4. The highest BCUT2D eigenvalue weighted by Crippen LogP contribution is 2.27. The number of rotatable bonds is 4. The van der Waals surface area contributed by atoms with Crippen LogP contribution in [-0.2, 0) is 22.6 Å². The number of pyridine rings is 1. The summed E-state index contributed by atoms with van der Waals surface area (Å²) in [5.41, 5.74) is 3.80. The van der Waals surface area contributed by atoms with Crippen LogP contribution >= 0.6 is 0 Å². The Hall–Kier alpha value is -3.72. The summed E-state index contributed by atoms with van der Waals surface area (Å²) in [6.45, 7) is 0.229. The summed E-state index contributed by atoms with van der Waals surface area (Å²) in [6.07, 6.45) is 0.252. The SMILES string of the molecule is O=C(Cc1cccc2ccccc12)OCc1c2ccccc2nc2ccccc12. The molecule has 0 spiro atoms. The fourth-order valence-electron chi connectivity index (χ4n) is 3.89. The molecule has 0 radical (unpaired) electrons. The molecule has 0 unspecified atom stereocenters. The van der Waals surface area contributed by atoms with Crippen molar-refractivity contribution in [3.8, 4) is 0 Å². The van der Waals surface area contributed by atoms with Crippen LogP contribution in [0, 0.1) is 0 Å². The molecule has 0 aliphatic carbocycles. The Labute approximate surface area is 168 Å². The molecule has 0 bridgehead atoms. The number of carbonyl (C=O) groups excluding carboxylic acids is 1. The van der Waals surface area contributed by atoms with E-state index in [2.05, 4.69) is 12.1 Å². The van der Waals surface area contributed by atoms with E-state index in [0.29, 0.717) is 0 Å². The molecule has 0 aliphatic heterocycles. The second-order valence-electron chi connectivity index (χ2n) is 7.10. The fourth-order valence-corrected chi connectivity index (χ4v) is 3.89. The van der Waals surface area contributed by atoms with Crippen LogP contribution in [0.5, 0.6) is 0 Å². The molecule has 29 heavy (non-hydrogen) atoms. The maximum atomic E-state index is 12.7. The minimum absolute atomic E-state index is 0.229. The number of benzene rings is 4. The predicted octanol–water partition coefficient (Wildman–Crippen LogP) is 5.83. The molecule has 0 aliphatic rings. The highest BCUT2D eigenvalue weighted by molar-refractivity contribution is 5.97. The molecular weight excluding hydrogens is 358 g/mol. The van der Waals surface area contributed by atoms with Crippen molar-refractivity contribution < 1.29 is 9.53 Å². The van der Waals surface area contributed by atoms with Crippen molar-refractivity contribution in [1.82, 2.24) is 4.98 Å². The fraction of sp³-hybridized carbons (Fsp3) is 0.0769. The lowest BCUT2D eigenvalue weighted by atomic mass is 10.0. The van der Waals surface area contributed by atoms with Gasteiger partial charge in [-0.3, -0.25) is 4.79 Å². The first-order valence-electron chi connectivity index (χ1n) is 9.68. The number of para-hydroxylation sites is 2. The van der Waals surface area contributed by atoms with Crippen molar-refractivity contribution in [3.05, 3.63) is 102 Å². The van der Waals surface area contributed by atoms with E-state index >= 15 is 0 Å². The van der Waals surface area contributed by atoms with Gasteiger partial charge < -0.3 is 4.74 Å². The van der Waals surface area contributed by atoms with Crippen LogP contribution in [0.25, 0.3) is 32.6 Å². The van der Waals surface area contributed by atoms with Crippen molar-refractivity contribution in [2.45, 2.75) is 13.0 Å². The van der Waals surface area contributed by atoms with Crippen LogP contribution in [0.3, 0.4) is 0 Å². The van der Waals surface area contributed by atoms with Gasteiger partial charge in [0.25, 0.3) is 0 Å². The van der Waals surface area contributed by atoms with Gasteiger partial charge in [0.15, 0.2) is 0 Å². The highest BCUT2D eigenvalue weighted by Gasteiger charge is 2.12. The lowest BCUT2D eigenvalue weighted by molar-refractivity contribution is -0.144. The maximum Gasteiger partial charge on any atom is 0.310 e. The van der Waals surface area contributed by atoms with Crippen LogP contribution in [0.4, 0.5) is 0 Å². The number of nitrogens with zero attached hydrogens (tertiary/aromatic N) is 1. The topological polar surface area (TPSA) is 39.2 Å². The first-order chi connectivity index (χ1) is 14.3. The predicted molar refractivity (Wildman–Crippen MR) is 117 cm³/mol. The summed E-state index contributed by atoms with van der Waals surface area (Å²) in [5.74, 6) is -0.230. The second kappa shape index (κ2) is 7.36. The third kappa shape index (κ3) is 3.32. The molecule has 0 saturated heterocycles. The second-order valence-corrected chi connectivity index (χ2v) is 7.10. The summed E-state index contributed by atoms with van der Waals surface area (Å²) >= 11 is 0. The highest BCUT2D eigenvalue weighted by atomic mass is 16.5. The zero-order valence-corrected chi connectivity index (χ0v) is 15.8. The van der Waals surface area contributed by atoms with Crippen LogP contribution in [-0.4, -0.2) is 11.0 Å². The lowest BCUT2D eigenvalue weighted by Crippen LogP contribution is -2.09. The average molecular weight is 377 g/mol. The third-order valence-electron chi connectivity index (χ3n) is 5.29. The van der Waals surface area contributed by atoms with Crippen molar-refractivity contribution in [1.29, 1.82) is 0 Å². The van der Waals surface area contributed by atoms with E-state index in [0.717, 1.165) is 43.7 Å². The molecule has 3 nitrogen and oxygen atoms in total. The van der Waals surface area contributed by atoms with E-state index in [1.54, 1.807) is 0 Å². The lowest BCUT2D eigenvalue weighted by Gasteiger charge is -2.12. The number of fused-ring (bicyclic) bond motifs is 3. The number of carbonyl (C=O) groups is 1. The largest absolute Gasteiger partial charge is 0.461 e. The van der Waals surface area contributed by atoms with Crippen molar-refractivity contribution in [2.24, 2.45) is 0 Å². The summed E-state index contributed by atoms with van der Waals surface area (Å²) < 4.78 is 5.73. The molecule has 5 aromatic rings. The zero-order chi connectivity index (χ0) is 19.6. The first-order valence-corrected chi connectivity index (χ1v) is 9.68. The Balaban J connectivity index is 1.45. The van der Waals surface area contributed by atoms with Crippen LogP contribution in [0.2, 0.25) is 0 Å². The zero-order valence-electron chi connectivity index (χ0n) is 15.8. The van der Waals surface area contributed by atoms with Gasteiger partial charge in [-0.2, -0.15) is 0 Å². The van der Waals surface area contributed by atoms with Crippen LogP contribution in [0.1, 0.15) is 11.1 Å². The molecule has 3 heteroatoms. The van der Waals surface area contributed by atoms with E-state index in [-0.39, 0.29) is 19.0 Å². The van der Waals surface area contributed by atoms with E-state index in [9.17, 15) is 4.79 Å². The number of aromatic nitrogens is 1. The molecule has 0 amide bonds. The normalized spacial score (nSPS) is 11.2. The van der Waals surface area contributed by atoms with E-state index in [1.807, 2.05) is 78.9 Å². The van der Waals surface area contributed by atoms with Gasteiger partial charge in [-0.25, -0.2) is 4.98 Å². The molecule has 0 fully saturated rings. The number of ether oxygens (including phenoxy) is 1. The van der Waals surface area contributed by atoms with Gasteiger partial charge in [-0.1, -0.05) is 78.9 Å². The smallest absolute Gasteiger partial charge is 0.310 e. The first kappa shape index (κ1) is 17.4.